The van der Waals surface area contributed by atoms with Gasteiger partial charge in [-0.2, -0.15) is 10.1 Å². The molecule has 2 fully saturated rings. The van der Waals surface area contributed by atoms with E-state index in [0.717, 1.165) is 47.5 Å². The van der Waals surface area contributed by atoms with E-state index >= 15 is 0 Å². The first-order valence-electron chi connectivity index (χ1n) is 11.5. The molecule has 0 bridgehead atoms. The van der Waals surface area contributed by atoms with Crippen molar-refractivity contribution in [3.8, 4) is 0 Å². The molecule has 4 heterocycles. The lowest BCUT2D eigenvalue weighted by atomic mass is 10.1. The van der Waals surface area contributed by atoms with Gasteiger partial charge >= 0.3 is 0 Å². The highest BCUT2D eigenvalue weighted by atomic mass is 32.1. The van der Waals surface area contributed by atoms with Gasteiger partial charge in [-0.05, 0) is 31.4 Å². The normalized spacial score (nSPS) is 17.4. The number of rotatable bonds is 6. The zero-order valence-electron chi connectivity index (χ0n) is 19.1. The zero-order valence-corrected chi connectivity index (χ0v) is 19.9. The molecule has 2 saturated heterocycles. The highest BCUT2D eigenvalue weighted by Crippen LogP contribution is 2.33. The van der Waals surface area contributed by atoms with Crippen LogP contribution >= 0.6 is 11.3 Å². The van der Waals surface area contributed by atoms with E-state index in [1.54, 1.807) is 6.21 Å². The summed E-state index contributed by atoms with van der Waals surface area (Å²) in [6.45, 7) is 6.16. The summed E-state index contributed by atoms with van der Waals surface area (Å²) < 4.78 is 11.8. The molecular formula is C24H28N6O3S. The van der Waals surface area contributed by atoms with Crippen LogP contribution in [0.3, 0.4) is 0 Å². The molecule has 10 heteroatoms. The second-order valence-corrected chi connectivity index (χ2v) is 9.49. The molecule has 0 aliphatic carbocycles. The molecule has 2 aromatic heterocycles. The summed E-state index contributed by atoms with van der Waals surface area (Å²) in [5, 5.41) is 7.47. The molecule has 5 rings (SSSR count). The van der Waals surface area contributed by atoms with E-state index in [2.05, 4.69) is 31.8 Å². The second-order valence-electron chi connectivity index (χ2n) is 8.44. The van der Waals surface area contributed by atoms with Crippen molar-refractivity contribution in [1.82, 2.24) is 15.3 Å². The van der Waals surface area contributed by atoms with Crippen molar-refractivity contribution in [3.63, 3.8) is 0 Å². The van der Waals surface area contributed by atoms with Gasteiger partial charge in [-0.25, -0.2) is 10.4 Å². The average Bonchev–Trinajstić information content (AvgIpc) is 3.29. The zero-order chi connectivity index (χ0) is 23.3. The number of nitrogens with one attached hydrogen (secondary N) is 2. The van der Waals surface area contributed by atoms with Gasteiger partial charge in [-0.1, -0.05) is 29.8 Å². The van der Waals surface area contributed by atoms with Crippen molar-refractivity contribution in [2.75, 3.05) is 49.8 Å². The molecule has 0 radical (unpaired) electrons. The predicted octanol–water partition coefficient (Wildman–Crippen LogP) is 3.19. The Morgan fingerprint density at radius 3 is 2.74 bits per heavy atom. The lowest BCUT2D eigenvalue weighted by Gasteiger charge is -2.28. The number of hydrogen-bond acceptors (Lipinski definition) is 9. The van der Waals surface area contributed by atoms with Gasteiger partial charge in [0.05, 0.1) is 34.5 Å². The number of amides is 1. The number of carbonyl (C=O) groups is 1. The number of benzene rings is 1. The standard InChI is InChI=1S/C24H28N6O3S/c1-16-3-2-4-17(13-16)15-25-29-24-27-19-14-20(23(31)26-18-5-9-32-10-6-18)34-21(19)22(28-24)30-7-11-33-12-8-30/h2-4,13-15,18H,5-12H2,1H3,(H,26,31)(H,27,28,29)/b25-15+. The monoisotopic (exact) mass is 480 g/mol. The molecule has 0 atom stereocenters. The summed E-state index contributed by atoms with van der Waals surface area (Å²) in [5.74, 6) is 1.12. The molecule has 178 valence electrons. The van der Waals surface area contributed by atoms with E-state index < -0.39 is 0 Å². The molecule has 1 aromatic carbocycles. The summed E-state index contributed by atoms with van der Waals surface area (Å²) in [5.41, 5.74) is 5.85. The summed E-state index contributed by atoms with van der Waals surface area (Å²) >= 11 is 1.43. The Morgan fingerprint density at radius 2 is 1.94 bits per heavy atom. The van der Waals surface area contributed by atoms with Crippen LogP contribution in [-0.4, -0.2) is 67.6 Å². The maximum Gasteiger partial charge on any atom is 0.261 e. The average molecular weight is 481 g/mol. The van der Waals surface area contributed by atoms with Gasteiger partial charge < -0.3 is 19.7 Å². The minimum Gasteiger partial charge on any atom is -0.381 e. The van der Waals surface area contributed by atoms with Crippen LogP contribution in [0.25, 0.3) is 10.2 Å². The molecule has 34 heavy (non-hydrogen) atoms. The molecule has 0 saturated carbocycles. The second kappa shape index (κ2) is 10.5. The van der Waals surface area contributed by atoms with E-state index in [0.29, 0.717) is 37.3 Å². The highest BCUT2D eigenvalue weighted by molar-refractivity contribution is 7.21. The van der Waals surface area contributed by atoms with Gasteiger partial charge in [-0.15, -0.1) is 11.3 Å². The molecule has 2 aliphatic rings. The molecule has 0 unspecified atom stereocenters. The van der Waals surface area contributed by atoms with Gasteiger partial charge in [0.2, 0.25) is 5.95 Å². The Bertz CT molecular complexity index is 1180. The maximum atomic E-state index is 12.9. The molecule has 0 spiro atoms. The minimum atomic E-state index is -0.0743. The van der Waals surface area contributed by atoms with Crippen LogP contribution in [-0.2, 0) is 9.47 Å². The quantitative estimate of drug-likeness (QED) is 0.413. The minimum absolute atomic E-state index is 0.0743. The predicted molar refractivity (Wildman–Crippen MR) is 134 cm³/mol. The topological polar surface area (TPSA) is 101 Å². The summed E-state index contributed by atoms with van der Waals surface area (Å²) in [7, 11) is 0. The number of carbonyl (C=O) groups excluding carboxylic acids is 1. The molecule has 2 aliphatic heterocycles. The first-order chi connectivity index (χ1) is 16.7. The Balaban J connectivity index is 1.41. The van der Waals surface area contributed by atoms with Crippen molar-refractivity contribution >= 4 is 45.4 Å². The largest absolute Gasteiger partial charge is 0.381 e. The highest BCUT2D eigenvalue weighted by Gasteiger charge is 2.23. The number of aromatic nitrogens is 2. The number of morpholine rings is 1. The van der Waals surface area contributed by atoms with Crippen LogP contribution in [0.5, 0.6) is 0 Å². The van der Waals surface area contributed by atoms with Crippen molar-refractivity contribution in [1.29, 1.82) is 0 Å². The number of thiophene rings is 1. The Labute approximate surface area is 202 Å². The fourth-order valence-corrected chi connectivity index (χ4v) is 5.10. The van der Waals surface area contributed by atoms with E-state index in [4.69, 9.17) is 14.5 Å². The number of anilines is 2. The number of nitrogens with zero attached hydrogens (tertiary/aromatic N) is 4. The van der Waals surface area contributed by atoms with Gasteiger partial charge in [-0.3, -0.25) is 4.79 Å². The molecule has 1 amide bonds. The lowest BCUT2D eigenvalue weighted by molar-refractivity contribution is 0.0698. The Morgan fingerprint density at radius 1 is 1.15 bits per heavy atom. The molecule has 2 N–H and O–H groups in total. The van der Waals surface area contributed by atoms with Crippen molar-refractivity contribution in [2.45, 2.75) is 25.8 Å². The third-order valence-corrected chi connectivity index (χ3v) is 6.98. The fourth-order valence-electron chi connectivity index (χ4n) is 4.08. The summed E-state index contributed by atoms with van der Waals surface area (Å²) in [4.78, 5) is 25.2. The first-order valence-corrected chi connectivity index (χ1v) is 12.4. The third-order valence-electron chi connectivity index (χ3n) is 5.86. The van der Waals surface area contributed by atoms with Crippen LogP contribution in [0.1, 0.15) is 33.6 Å². The van der Waals surface area contributed by atoms with Crippen LogP contribution in [0, 0.1) is 6.92 Å². The van der Waals surface area contributed by atoms with Crippen molar-refractivity contribution in [2.24, 2.45) is 5.10 Å². The number of ether oxygens (including phenoxy) is 2. The van der Waals surface area contributed by atoms with Gasteiger partial charge in [0.15, 0.2) is 5.82 Å². The molecule has 9 nitrogen and oxygen atoms in total. The van der Waals surface area contributed by atoms with Crippen LogP contribution in [0.15, 0.2) is 35.4 Å². The third kappa shape index (κ3) is 5.35. The van der Waals surface area contributed by atoms with E-state index in [1.807, 2.05) is 31.2 Å². The van der Waals surface area contributed by atoms with E-state index in [1.165, 1.54) is 16.9 Å². The maximum absolute atomic E-state index is 12.9. The number of aryl methyl sites for hydroxylation is 1. The fraction of sp³-hybridized carbons (Fsp3) is 0.417. The van der Waals surface area contributed by atoms with Gasteiger partial charge in [0.1, 0.15) is 0 Å². The number of fused-ring (bicyclic) bond motifs is 1. The van der Waals surface area contributed by atoms with Crippen molar-refractivity contribution in [3.05, 3.63) is 46.3 Å². The molecule has 3 aromatic rings. The van der Waals surface area contributed by atoms with Crippen LogP contribution in [0.2, 0.25) is 0 Å². The van der Waals surface area contributed by atoms with Crippen LogP contribution in [0.4, 0.5) is 11.8 Å². The van der Waals surface area contributed by atoms with Crippen LogP contribution < -0.4 is 15.6 Å². The Kier molecular flexibility index (Phi) is 6.98. The van der Waals surface area contributed by atoms with Gasteiger partial charge in [0, 0.05) is 32.3 Å². The summed E-state index contributed by atoms with van der Waals surface area (Å²) in [6.07, 6.45) is 3.42. The Hall–Kier alpha value is -3.08. The SMILES string of the molecule is Cc1cccc(/C=N/Nc2nc(N3CCOCC3)c3sc(C(=O)NC4CCOCC4)cc3n2)c1. The van der Waals surface area contributed by atoms with Crippen molar-refractivity contribution < 1.29 is 14.3 Å². The van der Waals surface area contributed by atoms with E-state index in [-0.39, 0.29) is 11.9 Å². The lowest BCUT2D eigenvalue weighted by Crippen LogP contribution is -2.38. The van der Waals surface area contributed by atoms with E-state index in [9.17, 15) is 4.79 Å². The molecular weight excluding hydrogens is 452 g/mol. The smallest absolute Gasteiger partial charge is 0.261 e. The first kappa shape index (κ1) is 22.7. The van der Waals surface area contributed by atoms with Gasteiger partial charge in [0.25, 0.3) is 5.91 Å². The number of hydrazone groups is 1. The summed E-state index contributed by atoms with van der Waals surface area (Å²) in [6, 6.07) is 10.1. The number of hydrogen-bond donors (Lipinski definition) is 2.